The number of nitrogen functional groups attached to an aromatic ring is 1. The van der Waals surface area contributed by atoms with Crippen LogP contribution in [-0.4, -0.2) is 29.0 Å². The van der Waals surface area contributed by atoms with Crippen molar-refractivity contribution in [2.45, 2.75) is 12.8 Å². The molecule has 0 unspecified atom stereocenters. The second kappa shape index (κ2) is 5.50. The van der Waals surface area contributed by atoms with Crippen molar-refractivity contribution in [3.05, 3.63) is 24.0 Å². The number of aryl methyl sites for hydroxylation is 1. The number of methoxy groups -OCH3 is 1. The molecule has 1 aromatic heterocycles. The Morgan fingerprint density at radius 2 is 2.28 bits per heavy atom. The summed E-state index contributed by atoms with van der Waals surface area (Å²) in [6, 6.07) is 5.01. The molecule has 0 bridgehead atoms. The summed E-state index contributed by atoms with van der Waals surface area (Å²) in [6.07, 6.45) is 1.48. The molecule has 0 radical (unpaired) electrons. The van der Waals surface area contributed by atoms with Gasteiger partial charge in [0.05, 0.1) is 11.3 Å². The van der Waals surface area contributed by atoms with Gasteiger partial charge in [0.1, 0.15) is 0 Å². The fourth-order valence-electron chi connectivity index (χ4n) is 1.57. The van der Waals surface area contributed by atoms with Crippen molar-refractivity contribution in [2.24, 2.45) is 0 Å². The molecule has 0 fully saturated rings. The zero-order valence-electron chi connectivity index (χ0n) is 10.1. The number of aromatic hydroxyl groups is 1. The van der Waals surface area contributed by atoms with Gasteiger partial charge in [-0.05, 0) is 18.6 Å². The van der Waals surface area contributed by atoms with Crippen LogP contribution in [0.15, 0.2) is 22.7 Å². The highest BCUT2D eigenvalue weighted by Crippen LogP contribution is 2.32. The van der Waals surface area contributed by atoms with E-state index in [1.807, 2.05) is 0 Å². The van der Waals surface area contributed by atoms with Crippen molar-refractivity contribution in [2.75, 3.05) is 19.5 Å². The van der Waals surface area contributed by atoms with Gasteiger partial charge in [0.15, 0.2) is 11.6 Å². The third-order valence-corrected chi connectivity index (χ3v) is 2.51. The van der Waals surface area contributed by atoms with Gasteiger partial charge in [-0.1, -0.05) is 11.2 Å². The van der Waals surface area contributed by atoms with E-state index >= 15 is 0 Å². The van der Waals surface area contributed by atoms with Gasteiger partial charge in [0.2, 0.25) is 0 Å². The largest absolute Gasteiger partial charge is 0.505 e. The second-order valence-corrected chi connectivity index (χ2v) is 3.86. The summed E-state index contributed by atoms with van der Waals surface area (Å²) in [5, 5.41) is 13.6. The Morgan fingerprint density at radius 3 is 3.06 bits per heavy atom. The Morgan fingerprint density at radius 1 is 1.44 bits per heavy atom. The van der Waals surface area contributed by atoms with Crippen LogP contribution < -0.4 is 5.73 Å². The summed E-state index contributed by atoms with van der Waals surface area (Å²) in [5.74, 6) is 0.820. The molecule has 96 valence electrons. The highest BCUT2D eigenvalue weighted by atomic mass is 16.5. The molecule has 3 N–H and O–H groups in total. The van der Waals surface area contributed by atoms with Gasteiger partial charge in [-0.3, -0.25) is 0 Å². The van der Waals surface area contributed by atoms with E-state index in [1.54, 1.807) is 25.3 Å². The SMILES string of the molecule is COCCCc1noc(-c2cccc(N)c2O)n1. The second-order valence-electron chi connectivity index (χ2n) is 3.86. The normalized spacial score (nSPS) is 10.7. The number of anilines is 1. The van der Waals surface area contributed by atoms with Crippen LogP contribution in [0.3, 0.4) is 0 Å². The Hall–Kier alpha value is -2.08. The fraction of sp³-hybridized carbons (Fsp3) is 0.333. The number of phenols is 1. The predicted molar refractivity (Wildman–Crippen MR) is 66.0 cm³/mol. The number of nitrogens with two attached hydrogens (primary N) is 1. The summed E-state index contributed by atoms with van der Waals surface area (Å²) in [6.45, 7) is 0.646. The monoisotopic (exact) mass is 249 g/mol. The van der Waals surface area contributed by atoms with Crippen molar-refractivity contribution in [3.63, 3.8) is 0 Å². The number of hydrogen-bond acceptors (Lipinski definition) is 6. The smallest absolute Gasteiger partial charge is 0.261 e. The van der Waals surface area contributed by atoms with Crippen LogP contribution in [0.25, 0.3) is 11.5 Å². The average molecular weight is 249 g/mol. The van der Waals surface area contributed by atoms with Crippen LogP contribution in [0.5, 0.6) is 5.75 Å². The van der Waals surface area contributed by atoms with Crippen LogP contribution >= 0.6 is 0 Å². The molecule has 0 spiro atoms. The lowest BCUT2D eigenvalue weighted by Gasteiger charge is -2.01. The quantitative estimate of drug-likeness (QED) is 0.475. The molecule has 6 heteroatoms. The van der Waals surface area contributed by atoms with Gasteiger partial charge < -0.3 is 20.1 Å². The molecule has 0 aliphatic rings. The number of nitrogens with zero attached hydrogens (tertiary/aromatic N) is 2. The van der Waals surface area contributed by atoms with E-state index in [4.69, 9.17) is 15.0 Å². The van der Waals surface area contributed by atoms with Gasteiger partial charge in [-0.2, -0.15) is 4.98 Å². The molecule has 0 aliphatic heterocycles. The lowest BCUT2D eigenvalue weighted by molar-refractivity contribution is 0.194. The first-order chi connectivity index (χ1) is 8.72. The fourth-order valence-corrected chi connectivity index (χ4v) is 1.57. The lowest BCUT2D eigenvalue weighted by atomic mass is 10.2. The van der Waals surface area contributed by atoms with Gasteiger partial charge in [0.25, 0.3) is 5.89 Å². The third-order valence-electron chi connectivity index (χ3n) is 2.51. The van der Waals surface area contributed by atoms with E-state index in [2.05, 4.69) is 10.1 Å². The number of ether oxygens (including phenoxy) is 1. The molecule has 1 aromatic carbocycles. The minimum atomic E-state index is -0.0374. The minimum absolute atomic E-state index is 0.0374. The maximum atomic E-state index is 9.80. The number of rotatable bonds is 5. The molecule has 2 aromatic rings. The number of aromatic nitrogens is 2. The minimum Gasteiger partial charge on any atom is -0.505 e. The van der Waals surface area contributed by atoms with Crippen molar-refractivity contribution in [1.82, 2.24) is 10.1 Å². The number of hydrogen-bond donors (Lipinski definition) is 2. The molecule has 2 rings (SSSR count). The lowest BCUT2D eigenvalue weighted by Crippen LogP contribution is -1.94. The number of benzene rings is 1. The molecule has 1 heterocycles. The molecular weight excluding hydrogens is 234 g/mol. The van der Waals surface area contributed by atoms with Crippen LogP contribution in [0.1, 0.15) is 12.2 Å². The Bertz CT molecular complexity index is 525. The van der Waals surface area contributed by atoms with Crippen LogP contribution in [0, 0.1) is 0 Å². The maximum absolute atomic E-state index is 9.80. The maximum Gasteiger partial charge on any atom is 0.261 e. The molecule has 6 nitrogen and oxygen atoms in total. The summed E-state index contributed by atoms with van der Waals surface area (Å²) in [7, 11) is 1.65. The molecule has 0 amide bonds. The zero-order valence-corrected chi connectivity index (χ0v) is 10.1. The number of phenolic OH excluding ortho intramolecular Hbond substituents is 1. The molecule has 0 aliphatic carbocycles. The Balaban J connectivity index is 2.16. The van der Waals surface area contributed by atoms with Gasteiger partial charge in [-0.15, -0.1) is 0 Å². The Labute approximate surface area is 104 Å². The van der Waals surface area contributed by atoms with Crippen LogP contribution in [-0.2, 0) is 11.2 Å². The summed E-state index contributed by atoms with van der Waals surface area (Å²) in [4.78, 5) is 4.21. The highest BCUT2D eigenvalue weighted by Gasteiger charge is 2.14. The predicted octanol–water partition coefficient (Wildman–Crippen LogP) is 1.60. The van der Waals surface area contributed by atoms with Gasteiger partial charge in [-0.25, -0.2) is 0 Å². The van der Waals surface area contributed by atoms with Crippen molar-refractivity contribution in [1.29, 1.82) is 0 Å². The van der Waals surface area contributed by atoms with Crippen LogP contribution in [0.2, 0.25) is 0 Å². The summed E-state index contributed by atoms with van der Waals surface area (Å²) in [5.41, 5.74) is 6.34. The molecule has 0 saturated heterocycles. The summed E-state index contributed by atoms with van der Waals surface area (Å²) < 4.78 is 10.0. The van der Waals surface area contributed by atoms with E-state index in [0.29, 0.717) is 24.4 Å². The van der Waals surface area contributed by atoms with Crippen molar-refractivity contribution < 1.29 is 14.4 Å². The topological polar surface area (TPSA) is 94.4 Å². The van der Waals surface area contributed by atoms with Crippen molar-refractivity contribution >= 4 is 5.69 Å². The zero-order chi connectivity index (χ0) is 13.0. The van der Waals surface area contributed by atoms with E-state index in [9.17, 15) is 5.11 Å². The van der Waals surface area contributed by atoms with Gasteiger partial charge >= 0.3 is 0 Å². The molecule has 0 saturated carbocycles. The first-order valence-electron chi connectivity index (χ1n) is 5.61. The molecule has 18 heavy (non-hydrogen) atoms. The van der Waals surface area contributed by atoms with Crippen LogP contribution in [0.4, 0.5) is 5.69 Å². The number of para-hydroxylation sites is 1. The average Bonchev–Trinajstić information content (AvgIpc) is 2.82. The van der Waals surface area contributed by atoms with Crippen molar-refractivity contribution in [3.8, 4) is 17.2 Å². The van der Waals surface area contributed by atoms with E-state index in [1.165, 1.54) is 0 Å². The highest BCUT2D eigenvalue weighted by molar-refractivity contribution is 5.71. The van der Waals surface area contributed by atoms with E-state index in [-0.39, 0.29) is 17.3 Å². The standard InChI is InChI=1S/C12H15N3O3/c1-17-7-3-6-10-14-12(18-15-10)8-4-2-5-9(13)11(8)16/h2,4-5,16H,3,6-7,13H2,1H3. The first-order valence-corrected chi connectivity index (χ1v) is 5.61. The van der Waals surface area contributed by atoms with Gasteiger partial charge in [0, 0.05) is 20.1 Å². The molecular formula is C12H15N3O3. The third kappa shape index (κ3) is 2.60. The van der Waals surface area contributed by atoms with E-state index < -0.39 is 0 Å². The summed E-state index contributed by atoms with van der Waals surface area (Å²) >= 11 is 0. The molecule has 0 atom stereocenters. The first kappa shape index (κ1) is 12.4. The Kier molecular flexibility index (Phi) is 3.78. The van der Waals surface area contributed by atoms with E-state index in [0.717, 1.165) is 6.42 Å².